The molecular weight excluding hydrogens is 350 g/mol. The zero-order valence-corrected chi connectivity index (χ0v) is 16.4. The van der Waals surface area contributed by atoms with Crippen LogP contribution in [0.1, 0.15) is 17.3 Å². The Kier molecular flexibility index (Phi) is 5.74. The highest BCUT2D eigenvalue weighted by Crippen LogP contribution is 2.38. The summed E-state index contributed by atoms with van der Waals surface area (Å²) in [6.45, 7) is 6.22. The van der Waals surface area contributed by atoms with Gasteiger partial charge in [0.25, 0.3) is 5.91 Å². The number of likely N-dealkylation sites (tertiary alicyclic amines) is 1. The first-order valence-corrected chi connectivity index (χ1v) is 9.07. The lowest BCUT2D eigenvalue weighted by Crippen LogP contribution is -2.64. The van der Waals surface area contributed by atoms with E-state index in [1.807, 2.05) is 9.80 Å². The summed E-state index contributed by atoms with van der Waals surface area (Å²) in [5.74, 6) is 1.49. The van der Waals surface area contributed by atoms with Crippen LogP contribution in [0.25, 0.3) is 0 Å². The van der Waals surface area contributed by atoms with Crippen molar-refractivity contribution in [2.24, 2.45) is 0 Å². The number of hydrogen-bond donors (Lipinski definition) is 0. The first kappa shape index (κ1) is 19.3. The quantitative estimate of drug-likeness (QED) is 0.752. The second kappa shape index (κ2) is 8.04. The van der Waals surface area contributed by atoms with E-state index >= 15 is 0 Å². The SMILES string of the molecule is COc1cc(C(=O)N2CC(N3CCN(C(C)=O)CC3)C2)cc(OC)c1OC. The molecule has 148 valence electrons. The van der Waals surface area contributed by atoms with Gasteiger partial charge in [0.05, 0.1) is 21.3 Å². The van der Waals surface area contributed by atoms with Crippen molar-refractivity contribution in [2.75, 3.05) is 60.6 Å². The van der Waals surface area contributed by atoms with Gasteiger partial charge in [-0.05, 0) is 12.1 Å². The average Bonchev–Trinajstić information content (AvgIpc) is 2.65. The van der Waals surface area contributed by atoms with Crippen LogP contribution in [0.5, 0.6) is 17.2 Å². The topological polar surface area (TPSA) is 71.6 Å². The van der Waals surface area contributed by atoms with E-state index in [4.69, 9.17) is 14.2 Å². The number of piperazine rings is 1. The molecule has 1 aromatic rings. The Morgan fingerprint density at radius 3 is 1.89 bits per heavy atom. The molecule has 2 fully saturated rings. The van der Waals surface area contributed by atoms with Gasteiger partial charge in [-0.2, -0.15) is 0 Å². The molecule has 8 nitrogen and oxygen atoms in total. The standard InChI is InChI=1S/C19H27N3O5/c1-13(23)20-5-7-21(8-6-20)15-11-22(12-15)19(24)14-9-16(25-2)18(27-4)17(10-14)26-3/h9-10,15H,5-8,11-12H2,1-4H3. The minimum absolute atomic E-state index is 0.0483. The number of hydrogen-bond acceptors (Lipinski definition) is 6. The van der Waals surface area contributed by atoms with Gasteiger partial charge in [0.15, 0.2) is 11.5 Å². The molecule has 2 amide bonds. The van der Waals surface area contributed by atoms with Gasteiger partial charge in [0, 0.05) is 57.8 Å². The average molecular weight is 377 g/mol. The summed E-state index contributed by atoms with van der Waals surface area (Å²) < 4.78 is 16.0. The van der Waals surface area contributed by atoms with Crippen molar-refractivity contribution in [2.45, 2.75) is 13.0 Å². The Balaban J connectivity index is 1.61. The van der Waals surface area contributed by atoms with E-state index in [1.165, 1.54) is 21.3 Å². The van der Waals surface area contributed by atoms with Gasteiger partial charge in [-0.25, -0.2) is 0 Å². The largest absolute Gasteiger partial charge is 0.493 e. The van der Waals surface area contributed by atoms with Crippen molar-refractivity contribution in [3.05, 3.63) is 17.7 Å². The molecule has 2 aliphatic heterocycles. The van der Waals surface area contributed by atoms with Gasteiger partial charge in [-0.15, -0.1) is 0 Å². The lowest BCUT2D eigenvalue weighted by Gasteiger charge is -2.48. The van der Waals surface area contributed by atoms with Crippen molar-refractivity contribution >= 4 is 11.8 Å². The third-order valence-electron chi connectivity index (χ3n) is 5.34. The molecule has 2 saturated heterocycles. The van der Waals surface area contributed by atoms with E-state index in [1.54, 1.807) is 19.1 Å². The summed E-state index contributed by atoms with van der Waals surface area (Å²) in [5, 5.41) is 0. The molecular formula is C19H27N3O5. The van der Waals surface area contributed by atoms with Crippen LogP contribution in [0.3, 0.4) is 0 Å². The maximum atomic E-state index is 12.8. The number of ether oxygens (including phenoxy) is 3. The van der Waals surface area contributed by atoms with Gasteiger partial charge in [-0.3, -0.25) is 14.5 Å². The van der Waals surface area contributed by atoms with Crippen LogP contribution in [0.4, 0.5) is 0 Å². The number of rotatable bonds is 5. The summed E-state index contributed by atoms with van der Waals surface area (Å²) >= 11 is 0. The van der Waals surface area contributed by atoms with Crippen LogP contribution in [0.2, 0.25) is 0 Å². The number of methoxy groups -OCH3 is 3. The van der Waals surface area contributed by atoms with E-state index in [0.29, 0.717) is 41.9 Å². The maximum absolute atomic E-state index is 12.8. The summed E-state index contributed by atoms with van der Waals surface area (Å²) in [6.07, 6.45) is 0. The first-order valence-electron chi connectivity index (χ1n) is 9.07. The van der Waals surface area contributed by atoms with Gasteiger partial charge in [0.1, 0.15) is 0 Å². The Labute approximate surface area is 159 Å². The van der Waals surface area contributed by atoms with E-state index in [9.17, 15) is 9.59 Å². The normalized spacial score (nSPS) is 18.1. The van der Waals surface area contributed by atoms with Crippen LogP contribution in [0.15, 0.2) is 12.1 Å². The van der Waals surface area contributed by atoms with Crippen molar-refractivity contribution < 1.29 is 23.8 Å². The second-order valence-electron chi connectivity index (χ2n) is 6.82. The summed E-state index contributed by atoms with van der Waals surface area (Å²) in [5.41, 5.74) is 0.518. The summed E-state index contributed by atoms with van der Waals surface area (Å²) in [6, 6.07) is 3.72. The van der Waals surface area contributed by atoms with Crippen molar-refractivity contribution in [1.82, 2.24) is 14.7 Å². The minimum Gasteiger partial charge on any atom is -0.493 e. The predicted molar refractivity (Wildman–Crippen MR) is 99.6 cm³/mol. The van der Waals surface area contributed by atoms with Gasteiger partial charge in [0.2, 0.25) is 11.7 Å². The highest BCUT2D eigenvalue weighted by Gasteiger charge is 2.37. The van der Waals surface area contributed by atoms with E-state index in [2.05, 4.69) is 4.90 Å². The number of carbonyl (C=O) groups excluding carboxylic acids is 2. The fourth-order valence-corrected chi connectivity index (χ4v) is 3.64. The highest BCUT2D eigenvalue weighted by atomic mass is 16.5. The molecule has 0 aliphatic carbocycles. The van der Waals surface area contributed by atoms with Crippen LogP contribution in [-0.2, 0) is 4.79 Å². The molecule has 0 aromatic heterocycles. The lowest BCUT2D eigenvalue weighted by molar-refractivity contribution is -0.131. The third kappa shape index (κ3) is 3.80. The molecule has 0 spiro atoms. The molecule has 0 saturated carbocycles. The van der Waals surface area contributed by atoms with Crippen LogP contribution in [0, 0.1) is 0 Å². The van der Waals surface area contributed by atoms with Crippen molar-refractivity contribution in [1.29, 1.82) is 0 Å². The molecule has 0 bridgehead atoms. The molecule has 0 unspecified atom stereocenters. The fraction of sp³-hybridized carbons (Fsp3) is 0.579. The van der Waals surface area contributed by atoms with E-state index in [-0.39, 0.29) is 11.8 Å². The van der Waals surface area contributed by atoms with Crippen LogP contribution in [-0.4, -0.2) is 93.2 Å². The zero-order valence-electron chi connectivity index (χ0n) is 16.4. The van der Waals surface area contributed by atoms with Crippen LogP contribution >= 0.6 is 0 Å². The van der Waals surface area contributed by atoms with Gasteiger partial charge < -0.3 is 24.0 Å². The third-order valence-corrected chi connectivity index (χ3v) is 5.34. The first-order chi connectivity index (χ1) is 13.0. The molecule has 2 aliphatic rings. The highest BCUT2D eigenvalue weighted by molar-refractivity contribution is 5.96. The Bertz CT molecular complexity index is 684. The Morgan fingerprint density at radius 2 is 1.44 bits per heavy atom. The molecule has 0 atom stereocenters. The smallest absolute Gasteiger partial charge is 0.254 e. The maximum Gasteiger partial charge on any atom is 0.254 e. The summed E-state index contributed by atoms with van der Waals surface area (Å²) in [4.78, 5) is 30.3. The Morgan fingerprint density at radius 1 is 0.889 bits per heavy atom. The molecule has 3 rings (SSSR count). The van der Waals surface area contributed by atoms with E-state index < -0.39 is 0 Å². The molecule has 0 N–H and O–H groups in total. The van der Waals surface area contributed by atoms with E-state index in [0.717, 1.165) is 26.2 Å². The minimum atomic E-state index is -0.0483. The van der Waals surface area contributed by atoms with Crippen molar-refractivity contribution in [3.63, 3.8) is 0 Å². The molecule has 2 heterocycles. The molecule has 8 heteroatoms. The Hall–Kier alpha value is -2.48. The lowest BCUT2D eigenvalue weighted by atomic mass is 10.0. The zero-order chi connectivity index (χ0) is 19.6. The monoisotopic (exact) mass is 377 g/mol. The predicted octanol–water partition coefficient (Wildman–Crippen LogP) is 0.701. The molecule has 27 heavy (non-hydrogen) atoms. The van der Waals surface area contributed by atoms with Gasteiger partial charge >= 0.3 is 0 Å². The molecule has 1 aromatic carbocycles. The number of benzene rings is 1. The van der Waals surface area contributed by atoms with Crippen molar-refractivity contribution in [3.8, 4) is 17.2 Å². The van der Waals surface area contributed by atoms with Crippen LogP contribution < -0.4 is 14.2 Å². The second-order valence-corrected chi connectivity index (χ2v) is 6.82. The number of nitrogens with zero attached hydrogens (tertiary/aromatic N) is 3. The summed E-state index contributed by atoms with van der Waals surface area (Å²) in [7, 11) is 4.60. The number of amides is 2. The van der Waals surface area contributed by atoms with Gasteiger partial charge in [-0.1, -0.05) is 0 Å². The fourth-order valence-electron chi connectivity index (χ4n) is 3.64. The molecule has 0 radical (unpaired) electrons. The number of carbonyl (C=O) groups is 2.